The quantitative estimate of drug-likeness (QED) is 0.855. The number of carbonyl (C=O) groups excluding carboxylic acids is 1. The van der Waals surface area contributed by atoms with Crippen molar-refractivity contribution >= 4 is 33.6 Å². The maximum atomic E-state index is 11.7. The van der Waals surface area contributed by atoms with Gasteiger partial charge in [-0.15, -0.1) is 11.8 Å². The summed E-state index contributed by atoms with van der Waals surface area (Å²) in [4.78, 5) is 11.7. The van der Waals surface area contributed by atoms with Crippen molar-refractivity contribution in [3.8, 4) is 0 Å². The lowest BCUT2D eigenvalue weighted by Gasteiger charge is -2.24. The Balaban J connectivity index is 2.34. The summed E-state index contributed by atoms with van der Waals surface area (Å²) >= 11 is 5.15. The first-order valence-corrected chi connectivity index (χ1v) is 8.01. The average Bonchev–Trinajstić information content (AvgIpc) is 2.31. The minimum absolute atomic E-state index is 0.106. The second-order valence-corrected chi connectivity index (χ2v) is 6.71. The largest absolute Gasteiger partial charge is 0.351 e. The van der Waals surface area contributed by atoms with Crippen molar-refractivity contribution in [1.82, 2.24) is 5.32 Å². The highest BCUT2D eigenvalue weighted by Gasteiger charge is 2.17. The van der Waals surface area contributed by atoms with Gasteiger partial charge in [0.05, 0.1) is 5.75 Å². The lowest BCUT2D eigenvalue weighted by Crippen LogP contribution is -2.43. The Hall–Kier alpha value is -0.480. The number of rotatable bonds is 6. The lowest BCUT2D eigenvalue weighted by atomic mass is 10.0. The smallest absolute Gasteiger partial charge is 0.230 e. The number of halogens is 1. The van der Waals surface area contributed by atoms with Gasteiger partial charge in [0.1, 0.15) is 0 Å². The highest BCUT2D eigenvalue weighted by atomic mass is 79.9. The van der Waals surface area contributed by atoms with Gasteiger partial charge < -0.3 is 5.32 Å². The molecule has 1 N–H and O–H groups in total. The highest BCUT2D eigenvalue weighted by molar-refractivity contribution is 9.10. The normalized spacial score (nSPS) is 11.3. The average molecular weight is 330 g/mol. The molecule has 0 fully saturated rings. The topological polar surface area (TPSA) is 29.1 Å². The van der Waals surface area contributed by atoms with Crippen molar-refractivity contribution in [1.29, 1.82) is 0 Å². The Labute approximate surface area is 122 Å². The fraction of sp³-hybridized carbons (Fsp3) is 0.500. The van der Waals surface area contributed by atoms with E-state index in [1.807, 2.05) is 32.0 Å². The van der Waals surface area contributed by atoms with Crippen LogP contribution in [0.4, 0.5) is 0 Å². The number of benzene rings is 1. The zero-order valence-electron chi connectivity index (χ0n) is 11.1. The van der Waals surface area contributed by atoms with E-state index in [1.165, 1.54) is 5.56 Å². The van der Waals surface area contributed by atoms with Crippen LogP contribution in [0.2, 0.25) is 0 Å². The van der Waals surface area contributed by atoms with Crippen LogP contribution in [0, 0.1) is 0 Å². The Morgan fingerprint density at radius 1 is 1.39 bits per heavy atom. The molecular formula is C14H20BrNOS. The minimum atomic E-state index is -0.106. The minimum Gasteiger partial charge on any atom is -0.351 e. The fourth-order valence-corrected chi connectivity index (χ4v) is 2.81. The first kappa shape index (κ1) is 15.6. The molecule has 0 unspecified atom stereocenters. The number of hydrogen-bond donors (Lipinski definition) is 1. The number of thioether (sulfide) groups is 1. The van der Waals surface area contributed by atoms with Crippen LogP contribution in [0.5, 0.6) is 0 Å². The van der Waals surface area contributed by atoms with Crippen LogP contribution in [0.3, 0.4) is 0 Å². The molecule has 1 rings (SSSR count). The van der Waals surface area contributed by atoms with E-state index in [0.29, 0.717) is 5.75 Å². The second-order valence-electron chi connectivity index (χ2n) is 4.87. The Morgan fingerprint density at radius 3 is 2.67 bits per heavy atom. The summed E-state index contributed by atoms with van der Waals surface area (Å²) in [5, 5.41) is 3.04. The molecule has 0 radical (unpaired) electrons. The highest BCUT2D eigenvalue weighted by Crippen LogP contribution is 2.21. The molecule has 0 heterocycles. The van der Waals surface area contributed by atoms with Crippen molar-refractivity contribution in [3.63, 3.8) is 0 Å². The molecule has 0 aliphatic heterocycles. The van der Waals surface area contributed by atoms with Gasteiger partial charge in [-0.3, -0.25) is 4.79 Å². The summed E-state index contributed by atoms with van der Waals surface area (Å²) in [5.74, 6) is 1.46. The molecule has 4 heteroatoms. The molecule has 1 amide bonds. The van der Waals surface area contributed by atoms with Crippen LogP contribution in [0.1, 0.15) is 32.8 Å². The molecular weight excluding hydrogens is 310 g/mol. The summed E-state index contributed by atoms with van der Waals surface area (Å²) in [6.45, 7) is 6.17. The van der Waals surface area contributed by atoms with Gasteiger partial charge >= 0.3 is 0 Å². The molecule has 0 saturated heterocycles. The zero-order valence-corrected chi connectivity index (χ0v) is 13.5. The third-order valence-corrected chi connectivity index (χ3v) is 4.57. The molecule has 0 spiro atoms. The molecule has 0 aliphatic carbocycles. The van der Waals surface area contributed by atoms with E-state index in [4.69, 9.17) is 0 Å². The molecule has 0 aromatic heterocycles. The van der Waals surface area contributed by atoms with Gasteiger partial charge in [0.2, 0.25) is 5.91 Å². The van der Waals surface area contributed by atoms with Crippen molar-refractivity contribution in [3.05, 3.63) is 34.3 Å². The summed E-state index contributed by atoms with van der Waals surface area (Å²) < 4.78 is 1.10. The van der Waals surface area contributed by atoms with Gasteiger partial charge in [-0.25, -0.2) is 0 Å². The lowest BCUT2D eigenvalue weighted by molar-refractivity contribution is -0.120. The SMILES string of the molecule is CCC(C)(C)NC(=O)CSCc1ccccc1Br. The van der Waals surface area contributed by atoms with E-state index in [1.54, 1.807) is 11.8 Å². The van der Waals surface area contributed by atoms with Gasteiger partial charge in [0.25, 0.3) is 0 Å². The summed E-state index contributed by atoms with van der Waals surface area (Å²) in [6.07, 6.45) is 0.938. The summed E-state index contributed by atoms with van der Waals surface area (Å²) in [7, 11) is 0. The molecule has 2 nitrogen and oxygen atoms in total. The van der Waals surface area contributed by atoms with Gasteiger partial charge in [-0.2, -0.15) is 0 Å². The van der Waals surface area contributed by atoms with Crippen molar-refractivity contribution in [2.24, 2.45) is 0 Å². The third-order valence-electron chi connectivity index (χ3n) is 2.81. The number of hydrogen-bond acceptors (Lipinski definition) is 2. The third kappa shape index (κ3) is 5.44. The maximum Gasteiger partial charge on any atom is 0.230 e. The van der Waals surface area contributed by atoms with Gasteiger partial charge in [-0.1, -0.05) is 41.1 Å². The van der Waals surface area contributed by atoms with Crippen LogP contribution in [0.15, 0.2) is 28.7 Å². The Morgan fingerprint density at radius 2 is 2.06 bits per heavy atom. The maximum absolute atomic E-state index is 11.7. The molecule has 0 saturated carbocycles. The van der Waals surface area contributed by atoms with E-state index < -0.39 is 0 Å². The molecule has 0 atom stereocenters. The van der Waals surface area contributed by atoms with Crippen LogP contribution in [0.25, 0.3) is 0 Å². The van der Waals surface area contributed by atoms with Gasteiger partial charge in [0.15, 0.2) is 0 Å². The van der Waals surface area contributed by atoms with Crippen LogP contribution < -0.4 is 5.32 Å². The number of carbonyl (C=O) groups is 1. The Kier molecular flexibility index (Phi) is 6.22. The first-order valence-electron chi connectivity index (χ1n) is 6.07. The van der Waals surface area contributed by atoms with E-state index in [-0.39, 0.29) is 11.4 Å². The second kappa shape index (κ2) is 7.19. The molecule has 1 aromatic rings. The van der Waals surface area contributed by atoms with E-state index in [2.05, 4.69) is 34.2 Å². The zero-order chi connectivity index (χ0) is 13.6. The molecule has 18 heavy (non-hydrogen) atoms. The standard InChI is InChI=1S/C14H20BrNOS/c1-4-14(2,3)16-13(17)10-18-9-11-7-5-6-8-12(11)15/h5-8H,4,9-10H2,1-3H3,(H,16,17). The number of nitrogens with one attached hydrogen (secondary N) is 1. The monoisotopic (exact) mass is 329 g/mol. The van der Waals surface area contributed by atoms with Crippen LogP contribution in [-0.4, -0.2) is 17.2 Å². The molecule has 100 valence electrons. The molecule has 0 aliphatic rings. The summed E-state index contributed by atoms with van der Waals surface area (Å²) in [5.41, 5.74) is 1.12. The molecule has 1 aromatic carbocycles. The van der Waals surface area contributed by atoms with E-state index >= 15 is 0 Å². The number of amides is 1. The van der Waals surface area contributed by atoms with Gasteiger partial charge in [0, 0.05) is 15.8 Å². The predicted octanol–water partition coefficient (Wildman–Crippen LogP) is 3.99. The van der Waals surface area contributed by atoms with Gasteiger partial charge in [-0.05, 0) is 31.9 Å². The van der Waals surface area contributed by atoms with Crippen molar-refractivity contribution < 1.29 is 4.79 Å². The first-order chi connectivity index (χ1) is 8.44. The predicted molar refractivity (Wildman–Crippen MR) is 82.8 cm³/mol. The molecule has 0 bridgehead atoms. The van der Waals surface area contributed by atoms with Crippen LogP contribution >= 0.6 is 27.7 Å². The van der Waals surface area contributed by atoms with E-state index in [9.17, 15) is 4.79 Å². The fourth-order valence-electron chi connectivity index (χ4n) is 1.37. The van der Waals surface area contributed by atoms with Crippen molar-refractivity contribution in [2.45, 2.75) is 38.5 Å². The van der Waals surface area contributed by atoms with Crippen LogP contribution in [-0.2, 0) is 10.5 Å². The van der Waals surface area contributed by atoms with Crippen molar-refractivity contribution in [2.75, 3.05) is 5.75 Å². The summed E-state index contributed by atoms with van der Waals surface area (Å²) in [6, 6.07) is 8.11. The van der Waals surface area contributed by atoms with E-state index in [0.717, 1.165) is 16.6 Å². The Bertz CT molecular complexity index is 407.